The summed E-state index contributed by atoms with van der Waals surface area (Å²) < 4.78 is 10.4. The van der Waals surface area contributed by atoms with Gasteiger partial charge in [0.2, 0.25) is 18.4 Å². The van der Waals surface area contributed by atoms with Crippen LogP contribution in [0.3, 0.4) is 0 Å². The normalized spacial score (nSPS) is 12.7. The number of aryl methyl sites for hydroxylation is 1. The van der Waals surface area contributed by atoms with Gasteiger partial charge in [0.15, 0.2) is 11.5 Å². The lowest BCUT2D eigenvalue weighted by Crippen LogP contribution is -2.43. The number of amides is 2. The highest BCUT2D eigenvalue weighted by Gasteiger charge is 2.32. The molecule has 2 heterocycles. The van der Waals surface area contributed by atoms with Crippen molar-refractivity contribution >= 4 is 11.8 Å². The Hall–Kier alpha value is -3.16. The highest BCUT2D eigenvalue weighted by Crippen LogP contribution is 2.34. The van der Waals surface area contributed by atoms with Crippen molar-refractivity contribution in [2.75, 3.05) is 6.79 Å². The Balaban J connectivity index is 1.81. The zero-order valence-electron chi connectivity index (χ0n) is 14.8. The Morgan fingerprint density at radius 1 is 1.19 bits per heavy atom. The Morgan fingerprint density at radius 2 is 1.88 bits per heavy atom. The molecule has 1 aromatic heterocycles. The molecule has 8 nitrogen and oxygen atoms in total. The third-order valence-electron chi connectivity index (χ3n) is 3.96. The third-order valence-corrected chi connectivity index (χ3v) is 3.96. The highest BCUT2D eigenvalue weighted by molar-refractivity contribution is 5.94. The van der Waals surface area contributed by atoms with Crippen LogP contribution in [-0.4, -0.2) is 28.6 Å². The van der Waals surface area contributed by atoms with Gasteiger partial charge in [0.1, 0.15) is 0 Å². The molecular weight excluding hydrogens is 336 g/mol. The van der Waals surface area contributed by atoms with Crippen molar-refractivity contribution in [1.29, 1.82) is 0 Å². The van der Waals surface area contributed by atoms with E-state index in [4.69, 9.17) is 15.2 Å². The zero-order valence-corrected chi connectivity index (χ0v) is 14.8. The molecule has 0 unspecified atom stereocenters. The van der Waals surface area contributed by atoms with E-state index in [9.17, 15) is 9.59 Å². The molecule has 0 aliphatic carbocycles. The molecule has 2 amide bonds. The van der Waals surface area contributed by atoms with Gasteiger partial charge < -0.3 is 20.5 Å². The van der Waals surface area contributed by atoms with Crippen molar-refractivity contribution in [1.82, 2.24) is 15.3 Å². The van der Waals surface area contributed by atoms with Crippen LogP contribution in [0.4, 0.5) is 0 Å². The summed E-state index contributed by atoms with van der Waals surface area (Å²) in [6.45, 7) is 5.40. The molecule has 136 valence electrons. The van der Waals surface area contributed by atoms with Gasteiger partial charge >= 0.3 is 0 Å². The number of aromatic nitrogens is 2. The monoisotopic (exact) mass is 356 g/mol. The first-order valence-electron chi connectivity index (χ1n) is 8.11. The Kier molecular flexibility index (Phi) is 4.50. The van der Waals surface area contributed by atoms with Crippen molar-refractivity contribution in [3.63, 3.8) is 0 Å². The van der Waals surface area contributed by atoms with E-state index in [1.165, 1.54) is 0 Å². The summed E-state index contributed by atoms with van der Waals surface area (Å²) in [6.07, 6.45) is 0.219. The SMILES string of the molecule is Cc1ccc(CC(=O)NC(C)(C)c2nc3c(c(C(N)=O)n2)OCO3)cc1. The summed E-state index contributed by atoms with van der Waals surface area (Å²) in [6, 6.07) is 7.72. The quantitative estimate of drug-likeness (QED) is 0.832. The van der Waals surface area contributed by atoms with Crippen molar-refractivity contribution < 1.29 is 19.1 Å². The Bertz CT molecular complexity index is 862. The van der Waals surface area contributed by atoms with Crippen molar-refractivity contribution in [2.45, 2.75) is 32.7 Å². The van der Waals surface area contributed by atoms with E-state index in [1.54, 1.807) is 13.8 Å². The topological polar surface area (TPSA) is 116 Å². The number of nitrogens with one attached hydrogen (secondary N) is 1. The lowest BCUT2D eigenvalue weighted by molar-refractivity contribution is -0.122. The average molecular weight is 356 g/mol. The summed E-state index contributed by atoms with van der Waals surface area (Å²) in [7, 11) is 0. The van der Waals surface area contributed by atoms with Gasteiger partial charge in [0, 0.05) is 0 Å². The molecule has 3 rings (SSSR count). The first-order valence-corrected chi connectivity index (χ1v) is 8.11. The zero-order chi connectivity index (χ0) is 18.9. The fourth-order valence-corrected chi connectivity index (χ4v) is 2.59. The first-order chi connectivity index (χ1) is 12.3. The predicted molar refractivity (Wildman–Crippen MR) is 92.7 cm³/mol. The van der Waals surface area contributed by atoms with Gasteiger partial charge in [-0.15, -0.1) is 0 Å². The molecule has 0 bridgehead atoms. The molecule has 26 heavy (non-hydrogen) atoms. The number of hydrogen-bond acceptors (Lipinski definition) is 6. The number of nitrogens with two attached hydrogens (primary N) is 1. The second-order valence-electron chi connectivity index (χ2n) is 6.64. The average Bonchev–Trinajstić information content (AvgIpc) is 3.03. The van der Waals surface area contributed by atoms with Crippen LogP contribution in [0.1, 0.15) is 41.3 Å². The van der Waals surface area contributed by atoms with Gasteiger partial charge in [0.05, 0.1) is 12.0 Å². The molecule has 0 spiro atoms. The van der Waals surface area contributed by atoms with Gasteiger partial charge in [-0.3, -0.25) is 9.59 Å². The fourth-order valence-electron chi connectivity index (χ4n) is 2.59. The highest BCUT2D eigenvalue weighted by atomic mass is 16.7. The van der Waals surface area contributed by atoms with Gasteiger partial charge in [-0.2, -0.15) is 4.98 Å². The van der Waals surface area contributed by atoms with E-state index >= 15 is 0 Å². The molecule has 3 N–H and O–H groups in total. The van der Waals surface area contributed by atoms with Crippen LogP contribution in [0.25, 0.3) is 0 Å². The van der Waals surface area contributed by atoms with Gasteiger partial charge in [-0.1, -0.05) is 29.8 Å². The Morgan fingerprint density at radius 3 is 2.54 bits per heavy atom. The van der Waals surface area contributed by atoms with E-state index < -0.39 is 11.4 Å². The van der Waals surface area contributed by atoms with E-state index in [-0.39, 0.29) is 42.3 Å². The molecular formula is C18H20N4O4. The number of primary amides is 1. The Labute approximate surface area is 150 Å². The third kappa shape index (κ3) is 3.58. The maximum Gasteiger partial charge on any atom is 0.271 e. The molecule has 0 saturated heterocycles. The van der Waals surface area contributed by atoms with E-state index in [0.717, 1.165) is 11.1 Å². The number of fused-ring (bicyclic) bond motifs is 1. The number of ether oxygens (including phenoxy) is 2. The van der Waals surface area contributed by atoms with Crippen molar-refractivity contribution in [2.24, 2.45) is 5.73 Å². The van der Waals surface area contributed by atoms with E-state index in [1.807, 2.05) is 31.2 Å². The molecule has 8 heteroatoms. The number of carbonyl (C=O) groups excluding carboxylic acids is 2. The minimum atomic E-state index is -0.938. The fraction of sp³-hybridized carbons (Fsp3) is 0.333. The van der Waals surface area contributed by atoms with Crippen molar-refractivity contribution in [3.05, 3.63) is 46.9 Å². The molecule has 0 radical (unpaired) electrons. The molecule has 1 aromatic carbocycles. The van der Waals surface area contributed by atoms with Gasteiger partial charge in [-0.05, 0) is 26.3 Å². The summed E-state index contributed by atoms with van der Waals surface area (Å²) in [4.78, 5) is 32.5. The summed E-state index contributed by atoms with van der Waals surface area (Å²) in [5, 5.41) is 2.88. The molecule has 0 atom stereocenters. The van der Waals surface area contributed by atoms with Crippen LogP contribution in [0, 0.1) is 6.92 Å². The maximum absolute atomic E-state index is 12.4. The molecule has 1 aliphatic heterocycles. The van der Waals surface area contributed by atoms with Crippen LogP contribution in [0.2, 0.25) is 0 Å². The van der Waals surface area contributed by atoms with Crippen molar-refractivity contribution in [3.8, 4) is 11.6 Å². The molecule has 2 aromatic rings. The van der Waals surface area contributed by atoms with Crippen LogP contribution in [0.5, 0.6) is 11.6 Å². The second kappa shape index (κ2) is 6.62. The smallest absolute Gasteiger partial charge is 0.271 e. The van der Waals surface area contributed by atoms with Crippen LogP contribution >= 0.6 is 0 Å². The van der Waals surface area contributed by atoms with Crippen LogP contribution in [-0.2, 0) is 16.8 Å². The molecule has 0 fully saturated rings. The van der Waals surface area contributed by atoms with E-state index in [0.29, 0.717) is 0 Å². The number of carbonyl (C=O) groups is 2. The van der Waals surface area contributed by atoms with E-state index in [2.05, 4.69) is 15.3 Å². The molecule has 1 aliphatic rings. The number of nitrogens with zero attached hydrogens (tertiary/aromatic N) is 2. The standard InChI is InChI=1S/C18H20N4O4/c1-10-4-6-11(7-5-10)8-12(23)22-18(2,3)17-20-13(15(19)24)14-16(21-17)26-9-25-14/h4-7H,8-9H2,1-3H3,(H2,19,24)(H,22,23). The first kappa shape index (κ1) is 17.7. The number of hydrogen-bond donors (Lipinski definition) is 2. The van der Waals surface area contributed by atoms with Gasteiger partial charge in [0.25, 0.3) is 11.8 Å². The second-order valence-corrected chi connectivity index (χ2v) is 6.64. The minimum Gasteiger partial charge on any atom is -0.449 e. The molecule has 0 saturated carbocycles. The van der Waals surface area contributed by atoms with Gasteiger partial charge in [-0.25, -0.2) is 4.98 Å². The lowest BCUT2D eigenvalue weighted by atomic mass is 10.0. The summed E-state index contributed by atoms with van der Waals surface area (Å²) >= 11 is 0. The minimum absolute atomic E-state index is 0.0615. The maximum atomic E-state index is 12.4. The predicted octanol–water partition coefficient (Wildman–Crippen LogP) is 1.21. The summed E-state index contributed by atoms with van der Waals surface area (Å²) in [5.74, 6) is -0.460. The largest absolute Gasteiger partial charge is 0.449 e. The van der Waals surface area contributed by atoms with Crippen LogP contribution < -0.4 is 20.5 Å². The number of rotatable bonds is 5. The lowest BCUT2D eigenvalue weighted by Gasteiger charge is -2.25. The summed E-state index contributed by atoms with van der Waals surface area (Å²) in [5.41, 5.74) is 6.38. The number of benzene rings is 1. The van der Waals surface area contributed by atoms with Crippen LogP contribution in [0.15, 0.2) is 24.3 Å².